The predicted octanol–water partition coefficient (Wildman–Crippen LogP) is 3.20. The average Bonchev–Trinajstić information content (AvgIpc) is 2.78. The fourth-order valence-corrected chi connectivity index (χ4v) is 4.22. The number of hydrogen-bond donors (Lipinski definition) is 2. The Labute approximate surface area is 155 Å². The van der Waals surface area contributed by atoms with Crippen LogP contribution >= 0.6 is 15.9 Å². The van der Waals surface area contributed by atoms with Crippen LogP contribution in [0.1, 0.15) is 38.2 Å². The van der Waals surface area contributed by atoms with E-state index in [0.717, 1.165) is 34.2 Å². The number of amides is 4. The summed E-state index contributed by atoms with van der Waals surface area (Å²) < 4.78 is 0.922. The van der Waals surface area contributed by atoms with Crippen LogP contribution in [0.5, 0.6) is 0 Å². The summed E-state index contributed by atoms with van der Waals surface area (Å²) in [7, 11) is 0. The molecule has 0 radical (unpaired) electrons. The lowest BCUT2D eigenvalue weighted by Gasteiger charge is -2.36. The van der Waals surface area contributed by atoms with Crippen molar-refractivity contribution in [3.8, 4) is 0 Å². The van der Waals surface area contributed by atoms with E-state index in [-0.39, 0.29) is 24.3 Å². The van der Waals surface area contributed by atoms with Gasteiger partial charge in [-0.1, -0.05) is 35.7 Å². The monoisotopic (exact) mass is 407 g/mol. The number of urea groups is 1. The second-order valence-electron chi connectivity index (χ2n) is 6.95. The Morgan fingerprint density at radius 3 is 2.84 bits per heavy atom. The van der Waals surface area contributed by atoms with Crippen LogP contribution in [-0.4, -0.2) is 34.8 Å². The molecule has 2 atom stereocenters. The maximum atomic E-state index is 12.9. The van der Waals surface area contributed by atoms with E-state index in [1.165, 1.54) is 0 Å². The molecule has 0 aromatic heterocycles. The Bertz CT molecular complexity index is 736. The van der Waals surface area contributed by atoms with Crippen LogP contribution in [0.15, 0.2) is 22.7 Å². The van der Waals surface area contributed by atoms with E-state index in [9.17, 15) is 14.4 Å². The van der Waals surface area contributed by atoms with Crippen molar-refractivity contribution in [2.24, 2.45) is 5.92 Å². The number of carbonyl (C=O) groups excluding carboxylic acids is 3. The van der Waals surface area contributed by atoms with Gasteiger partial charge in [-0.15, -0.1) is 0 Å². The van der Waals surface area contributed by atoms with Gasteiger partial charge in [-0.25, -0.2) is 4.79 Å². The molecule has 1 spiro atoms. The van der Waals surface area contributed by atoms with Gasteiger partial charge in [0, 0.05) is 10.2 Å². The molecule has 3 rings (SSSR count). The zero-order chi connectivity index (χ0) is 18.2. The average molecular weight is 408 g/mol. The minimum atomic E-state index is -0.830. The normalized spacial score (nSPS) is 26.0. The number of aryl methyl sites for hydroxylation is 1. The number of nitrogens with one attached hydrogen (secondary N) is 2. The summed E-state index contributed by atoms with van der Waals surface area (Å²) in [6.45, 7) is 3.60. The van der Waals surface area contributed by atoms with E-state index in [1.54, 1.807) is 6.07 Å². The SMILES string of the molecule is Cc1cc(Br)ccc1NC(=O)CN1C(=O)NC2(CCCCC2C)C1=O. The third-order valence-corrected chi connectivity index (χ3v) is 5.76. The molecule has 1 saturated heterocycles. The molecule has 1 aromatic carbocycles. The highest BCUT2D eigenvalue weighted by atomic mass is 79.9. The second kappa shape index (κ2) is 6.78. The molecule has 6 nitrogen and oxygen atoms in total. The Balaban J connectivity index is 1.71. The van der Waals surface area contributed by atoms with Crippen molar-refractivity contribution in [1.29, 1.82) is 0 Å². The van der Waals surface area contributed by atoms with Gasteiger partial charge in [0.15, 0.2) is 0 Å². The Kier molecular flexibility index (Phi) is 4.86. The molecule has 1 aliphatic carbocycles. The van der Waals surface area contributed by atoms with Crippen LogP contribution in [0.25, 0.3) is 0 Å². The van der Waals surface area contributed by atoms with E-state index in [1.807, 2.05) is 26.0 Å². The van der Waals surface area contributed by atoms with E-state index < -0.39 is 11.6 Å². The van der Waals surface area contributed by atoms with Gasteiger partial charge in [-0.3, -0.25) is 14.5 Å². The molecule has 1 heterocycles. The van der Waals surface area contributed by atoms with Crippen molar-refractivity contribution in [1.82, 2.24) is 10.2 Å². The molecule has 1 aliphatic heterocycles. The van der Waals surface area contributed by atoms with Gasteiger partial charge in [-0.2, -0.15) is 0 Å². The Morgan fingerprint density at radius 2 is 2.16 bits per heavy atom. The summed E-state index contributed by atoms with van der Waals surface area (Å²) in [6, 6.07) is 5.03. The zero-order valence-corrected chi connectivity index (χ0v) is 16.0. The minimum Gasteiger partial charge on any atom is -0.324 e. The molecule has 2 N–H and O–H groups in total. The van der Waals surface area contributed by atoms with E-state index in [2.05, 4.69) is 26.6 Å². The third kappa shape index (κ3) is 3.29. The van der Waals surface area contributed by atoms with Gasteiger partial charge in [0.05, 0.1) is 0 Å². The van der Waals surface area contributed by atoms with Gasteiger partial charge in [0.2, 0.25) is 5.91 Å². The van der Waals surface area contributed by atoms with Crippen molar-refractivity contribution < 1.29 is 14.4 Å². The summed E-state index contributed by atoms with van der Waals surface area (Å²) in [4.78, 5) is 38.6. The van der Waals surface area contributed by atoms with Gasteiger partial charge >= 0.3 is 6.03 Å². The number of rotatable bonds is 3. The lowest BCUT2D eigenvalue weighted by molar-refractivity contribution is -0.136. The highest BCUT2D eigenvalue weighted by molar-refractivity contribution is 9.10. The topological polar surface area (TPSA) is 78.5 Å². The third-order valence-electron chi connectivity index (χ3n) is 5.27. The van der Waals surface area contributed by atoms with Crippen molar-refractivity contribution in [3.05, 3.63) is 28.2 Å². The van der Waals surface area contributed by atoms with Gasteiger partial charge in [-0.05, 0) is 49.4 Å². The van der Waals surface area contributed by atoms with Crippen LogP contribution in [0.4, 0.5) is 10.5 Å². The van der Waals surface area contributed by atoms with Crippen LogP contribution in [0, 0.1) is 12.8 Å². The first-order valence-electron chi connectivity index (χ1n) is 8.53. The summed E-state index contributed by atoms with van der Waals surface area (Å²) in [5, 5.41) is 5.63. The quantitative estimate of drug-likeness (QED) is 0.755. The largest absolute Gasteiger partial charge is 0.325 e. The summed E-state index contributed by atoms with van der Waals surface area (Å²) in [6.07, 6.45) is 3.52. The predicted molar refractivity (Wildman–Crippen MR) is 98.1 cm³/mol. The van der Waals surface area contributed by atoms with Crippen LogP contribution < -0.4 is 10.6 Å². The smallest absolute Gasteiger partial charge is 0.324 e. The molecule has 134 valence electrons. The van der Waals surface area contributed by atoms with Gasteiger partial charge in [0.25, 0.3) is 5.91 Å². The molecular formula is C18H22BrN3O3. The maximum absolute atomic E-state index is 12.9. The molecule has 4 amide bonds. The van der Waals surface area contributed by atoms with E-state index in [0.29, 0.717) is 12.1 Å². The Hall–Kier alpha value is -1.89. The standard InChI is InChI=1S/C18H22BrN3O3/c1-11-9-13(19)6-7-14(11)20-15(23)10-22-16(24)18(21-17(22)25)8-4-3-5-12(18)2/h6-7,9,12H,3-5,8,10H2,1-2H3,(H,20,23)(H,21,25). The highest BCUT2D eigenvalue weighted by Gasteiger charge is 2.55. The molecule has 7 heteroatoms. The van der Waals surface area contributed by atoms with Crippen LogP contribution in [0.2, 0.25) is 0 Å². The number of hydrogen-bond acceptors (Lipinski definition) is 3. The highest BCUT2D eigenvalue weighted by Crippen LogP contribution is 2.38. The van der Waals surface area contributed by atoms with Crippen molar-refractivity contribution in [2.45, 2.75) is 45.1 Å². The molecule has 25 heavy (non-hydrogen) atoms. The fourth-order valence-electron chi connectivity index (χ4n) is 3.74. The number of benzene rings is 1. The first-order valence-corrected chi connectivity index (χ1v) is 9.33. The van der Waals surface area contributed by atoms with Gasteiger partial charge in [0.1, 0.15) is 12.1 Å². The number of halogens is 1. The van der Waals surface area contributed by atoms with Crippen LogP contribution in [-0.2, 0) is 9.59 Å². The van der Waals surface area contributed by atoms with Gasteiger partial charge < -0.3 is 10.6 Å². The zero-order valence-electron chi connectivity index (χ0n) is 14.4. The molecular weight excluding hydrogens is 386 g/mol. The second-order valence-corrected chi connectivity index (χ2v) is 7.86. The van der Waals surface area contributed by atoms with Crippen molar-refractivity contribution in [2.75, 3.05) is 11.9 Å². The Morgan fingerprint density at radius 1 is 1.40 bits per heavy atom. The molecule has 1 aromatic rings. The first-order chi connectivity index (χ1) is 11.8. The van der Waals surface area contributed by atoms with E-state index >= 15 is 0 Å². The molecule has 0 bridgehead atoms. The lowest BCUT2D eigenvalue weighted by Crippen LogP contribution is -2.54. The molecule has 2 aliphatic rings. The first kappa shape index (κ1) is 17.9. The van der Waals surface area contributed by atoms with E-state index in [4.69, 9.17) is 0 Å². The number of anilines is 1. The number of carbonyl (C=O) groups is 3. The molecule has 2 unspecified atom stereocenters. The summed E-state index contributed by atoms with van der Waals surface area (Å²) in [5.74, 6) is -0.568. The number of imide groups is 1. The van der Waals surface area contributed by atoms with Crippen molar-refractivity contribution >= 4 is 39.5 Å². The molecule has 1 saturated carbocycles. The maximum Gasteiger partial charge on any atom is 0.325 e. The summed E-state index contributed by atoms with van der Waals surface area (Å²) >= 11 is 3.38. The number of nitrogens with zero attached hydrogens (tertiary/aromatic N) is 1. The van der Waals surface area contributed by atoms with Crippen molar-refractivity contribution in [3.63, 3.8) is 0 Å². The summed E-state index contributed by atoms with van der Waals surface area (Å²) in [5.41, 5.74) is 0.738. The fraction of sp³-hybridized carbons (Fsp3) is 0.500. The minimum absolute atomic E-state index is 0.0829. The molecule has 2 fully saturated rings. The van der Waals surface area contributed by atoms with Crippen LogP contribution in [0.3, 0.4) is 0 Å². The lowest BCUT2D eigenvalue weighted by atomic mass is 9.73.